The van der Waals surface area contributed by atoms with Crippen molar-refractivity contribution >= 4 is 0 Å². The fourth-order valence-corrected chi connectivity index (χ4v) is 7.73. The molecule has 0 atom stereocenters. The molecule has 5 saturated carbocycles. The van der Waals surface area contributed by atoms with Gasteiger partial charge in [-0.2, -0.15) is 13.2 Å². The molecule has 0 unspecified atom stereocenters. The minimum atomic E-state index is -4.00. The molecule has 0 N–H and O–H groups in total. The molecule has 0 amide bonds. The van der Waals surface area contributed by atoms with Gasteiger partial charge >= 0.3 is 6.18 Å². The van der Waals surface area contributed by atoms with Crippen LogP contribution in [-0.4, -0.2) is 12.1 Å². The van der Waals surface area contributed by atoms with Crippen molar-refractivity contribution < 1.29 is 22.0 Å². The van der Waals surface area contributed by atoms with Crippen LogP contribution in [0.1, 0.15) is 291 Å². The minimum absolute atomic E-state index is 0.0625. The van der Waals surface area contributed by atoms with Crippen molar-refractivity contribution in [2.24, 2.45) is 46.3 Å². The molecule has 0 bridgehead atoms. The van der Waals surface area contributed by atoms with Crippen LogP contribution in [0.4, 0.5) is 22.0 Å². The molecule has 0 spiro atoms. The van der Waals surface area contributed by atoms with Crippen LogP contribution < -0.4 is 0 Å². The molecule has 59 heavy (non-hydrogen) atoms. The lowest BCUT2D eigenvalue weighted by molar-refractivity contribution is -0.164. The summed E-state index contributed by atoms with van der Waals surface area (Å²) in [7, 11) is 0. The molecule has 5 fully saturated rings. The predicted octanol–water partition coefficient (Wildman–Crippen LogP) is 21.7. The highest BCUT2D eigenvalue weighted by molar-refractivity contribution is 4.78. The van der Waals surface area contributed by atoms with E-state index in [-0.39, 0.29) is 6.42 Å². The second kappa shape index (κ2) is 39.3. The Hall–Kier alpha value is -0.350. The Morgan fingerprint density at radius 3 is 0.864 bits per heavy atom. The average molecular weight is 855 g/mol. The SMILES string of the molecule is CC.CC(C)C(F)(F)F.CC1CCC(C)(C)CC1.CC1CCCCC1.CCC.CCC(C)(F)F.CCC1CCC(C)(C)CC1.CCC1CCCC1.CCC1CCCCC1. The molecule has 5 aliphatic carbocycles. The van der Waals surface area contributed by atoms with E-state index in [2.05, 4.69) is 76.2 Å². The number of alkyl halides is 5. The number of hydrogen-bond donors (Lipinski definition) is 0. The summed E-state index contributed by atoms with van der Waals surface area (Å²) < 4.78 is 56.4. The van der Waals surface area contributed by atoms with Crippen molar-refractivity contribution in [1.82, 2.24) is 0 Å². The van der Waals surface area contributed by atoms with Crippen LogP contribution in [0.5, 0.6) is 0 Å². The fourth-order valence-electron chi connectivity index (χ4n) is 7.73. The van der Waals surface area contributed by atoms with Gasteiger partial charge in [0, 0.05) is 12.3 Å². The highest BCUT2D eigenvalue weighted by Gasteiger charge is 2.31. The van der Waals surface area contributed by atoms with Crippen LogP contribution in [0.25, 0.3) is 0 Å². The number of rotatable bonds is 4. The second-order valence-electron chi connectivity index (χ2n) is 20.9. The van der Waals surface area contributed by atoms with Crippen LogP contribution in [0, 0.1) is 46.3 Å². The van der Waals surface area contributed by atoms with Crippen LogP contribution in [0.15, 0.2) is 0 Å². The van der Waals surface area contributed by atoms with E-state index >= 15 is 0 Å². The molecule has 5 rings (SSSR count). The molecule has 0 nitrogen and oxygen atoms in total. The zero-order chi connectivity index (χ0) is 46.6. The minimum Gasteiger partial charge on any atom is -0.207 e. The summed E-state index contributed by atoms with van der Waals surface area (Å²) in [5.74, 6) is 1.61. The first-order valence-electron chi connectivity index (χ1n) is 25.9. The zero-order valence-electron chi connectivity index (χ0n) is 43.4. The first kappa shape index (κ1) is 65.3. The number of hydrogen-bond acceptors (Lipinski definition) is 0. The summed E-state index contributed by atoms with van der Waals surface area (Å²) in [6.07, 6.45) is 34.0. The lowest BCUT2D eigenvalue weighted by Crippen LogP contribution is -2.20. The quantitative estimate of drug-likeness (QED) is 0.247. The average Bonchev–Trinajstić information content (AvgIpc) is 3.73. The van der Waals surface area contributed by atoms with Crippen molar-refractivity contribution in [3.05, 3.63) is 0 Å². The Kier molecular flexibility index (Phi) is 43.4. The highest BCUT2D eigenvalue weighted by atomic mass is 19.4. The van der Waals surface area contributed by atoms with Gasteiger partial charge in [-0.3, -0.25) is 0 Å². The van der Waals surface area contributed by atoms with Crippen LogP contribution in [0.3, 0.4) is 0 Å². The van der Waals surface area contributed by atoms with Crippen molar-refractivity contribution in [1.29, 1.82) is 0 Å². The molecule has 0 aromatic carbocycles. The van der Waals surface area contributed by atoms with Crippen molar-refractivity contribution in [2.45, 2.75) is 303 Å². The van der Waals surface area contributed by atoms with Crippen molar-refractivity contribution in [2.75, 3.05) is 0 Å². The van der Waals surface area contributed by atoms with E-state index in [1.807, 2.05) is 13.8 Å². The Morgan fingerprint density at radius 2 is 0.678 bits per heavy atom. The third-order valence-corrected chi connectivity index (χ3v) is 13.2. The van der Waals surface area contributed by atoms with Gasteiger partial charge in [0.1, 0.15) is 0 Å². The lowest BCUT2D eigenvalue weighted by atomic mass is 9.72. The van der Waals surface area contributed by atoms with Gasteiger partial charge < -0.3 is 0 Å². The molecular weight excluding hydrogens is 744 g/mol. The highest BCUT2D eigenvalue weighted by Crippen LogP contribution is 2.39. The summed E-state index contributed by atoms with van der Waals surface area (Å²) in [6, 6.07) is 0. The molecule has 362 valence electrons. The van der Waals surface area contributed by atoms with Crippen LogP contribution in [0.2, 0.25) is 0 Å². The van der Waals surface area contributed by atoms with E-state index in [0.29, 0.717) is 10.8 Å². The summed E-state index contributed by atoms with van der Waals surface area (Å²) in [5, 5.41) is 0. The number of halogens is 5. The standard InChI is InChI=1S/C10H20.C9H18.C8H16.2C7H14.C4H7F3.C4H8F2.C3H8.C2H6/c1-4-9-5-7-10(2,3)8-6-9;1-8-4-6-9(2,3)7-5-8;1-2-8-6-4-3-5-7-8;1-7-5-3-2-4-6-7;1-2-7-5-3-4-6-7;1-3(2)4(5,6)7;1-3-4(2,5)6;1-3-2;1-2/h9H,4-8H2,1-3H3;8H,4-7H2,1-3H3;8H,2-7H2,1H3;2*7H,2-6H2,1H3;3H,1-2H3;3H2,1-2H3;3H2,1-2H3;1-2H3. The van der Waals surface area contributed by atoms with Gasteiger partial charge in [-0.25, -0.2) is 8.78 Å². The Bertz CT molecular complexity index is 801. The van der Waals surface area contributed by atoms with Gasteiger partial charge in [-0.15, -0.1) is 0 Å². The monoisotopic (exact) mass is 855 g/mol. The molecule has 0 aromatic rings. The van der Waals surface area contributed by atoms with Gasteiger partial charge in [0.25, 0.3) is 0 Å². The fraction of sp³-hybridized carbons (Fsp3) is 1.00. The molecular formula is C54H111F5. The third kappa shape index (κ3) is 47.0. The molecule has 0 saturated heterocycles. The van der Waals surface area contributed by atoms with E-state index in [0.717, 1.165) is 50.4 Å². The van der Waals surface area contributed by atoms with Crippen molar-refractivity contribution in [3.8, 4) is 0 Å². The largest absolute Gasteiger partial charge is 0.391 e. The van der Waals surface area contributed by atoms with Gasteiger partial charge in [-0.05, 0) is 85.9 Å². The summed E-state index contributed by atoms with van der Waals surface area (Å²) in [5.41, 5.74) is 1.32. The molecule has 5 aliphatic rings. The first-order chi connectivity index (χ1) is 27.4. The molecule has 0 heterocycles. The van der Waals surface area contributed by atoms with E-state index in [1.54, 1.807) is 0 Å². The first-order valence-corrected chi connectivity index (χ1v) is 25.9. The zero-order valence-corrected chi connectivity index (χ0v) is 43.4. The van der Waals surface area contributed by atoms with Crippen molar-refractivity contribution in [3.63, 3.8) is 0 Å². The lowest BCUT2D eigenvalue weighted by Gasteiger charge is -2.33. The van der Waals surface area contributed by atoms with Gasteiger partial charge in [-0.1, -0.05) is 239 Å². The maximum atomic E-state index is 11.5. The van der Waals surface area contributed by atoms with Gasteiger partial charge in [0.15, 0.2) is 0 Å². The normalized spacial score (nSPS) is 21.0. The third-order valence-electron chi connectivity index (χ3n) is 13.2. The van der Waals surface area contributed by atoms with Gasteiger partial charge in [0.05, 0.1) is 0 Å². The van der Waals surface area contributed by atoms with E-state index in [9.17, 15) is 22.0 Å². The predicted molar refractivity (Wildman–Crippen MR) is 258 cm³/mol. The smallest absolute Gasteiger partial charge is 0.207 e. The van der Waals surface area contributed by atoms with Gasteiger partial charge in [0.2, 0.25) is 5.92 Å². The topological polar surface area (TPSA) is 0 Å². The van der Waals surface area contributed by atoms with E-state index < -0.39 is 18.0 Å². The Balaban J connectivity index is -0.000000295. The Labute approximate surface area is 370 Å². The van der Waals surface area contributed by atoms with Crippen LogP contribution >= 0.6 is 0 Å². The maximum absolute atomic E-state index is 11.5. The maximum Gasteiger partial charge on any atom is 0.391 e. The summed E-state index contributed by atoms with van der Waals surface area (Å²) in [4.78, 5) is 0. The molecule has 0 aromatic heterocycles. The summed E-state index contributed by atoms with van der Waals surface area (Å²) >= 11 is 0. The molecule has 0 aliphatic heterocycles. The molecule has 5 heteroatoms. The van der Waals surface area contributed by atoms with E-state index in [1.165, 1.54) is 174 Å². The van der Waals surface area contributed by atoms with Crippen LogP contribution in [-0.2, 0) is 0 Å². The second-order valence-corrected chi connectivity index (χ2v) is 20.9. The molecule has 0 radical (unpaired) electrons. The van der Waals surface area contributed by atoms with E-state index in [4.69, 9.17) is 0 Å². The Morgan fingerprint density at radius 1 is 0.458 bits per heavy atom. The summed E-state index contributed by atoms with van der Waals surface area (Å²) in [6.45, 7) is 34.1.